The van der Waals surface area contributed by atoms with Crippen molar-refractivity contribution in [2.45, 2.75) is 27.2 Å². The third kappa shape index (κ3) is 3.26. The SMILES string of the molecule is C=CCc1c(C)c(O)cc(O)c1C(=O)OC.CC. The van der Waals surface area contributed by atoms with Crippen molar-refractivity contribution in [2.24, 2.45) is 0 Å². The maximum absolute atomic E-state index is 11.5. The van der Waals surface area contributed by atoms with Crippen LogP contribution in [0.4, 0.5) is 0 Å². The van der Waals surface area contributed by atoms with Crippen LogP contribution in [-0.2, 0) is 11.2 Å². The predicted octanol–water partition coefficient (Wildman–Crippen LogP) is 2.95. The molecule has 4 nitrogen and oxygen atoms in total. The van der Waals surface area contributed by atoms with Gasteiger partial charge in [0, 0.05) is 6.07 Å². The third-order valence-corrected chi connectivity index (χ3v) is 2.41. The van der Waals surface area contributed by atoms with Crippen molar-refractivity contribution in [1.29, 1.82) is 0 Å². The number of hydrogen-bond acceptors (Lipinski definition) is 4. The minimum Gasteiger partial charge on any atom is -0.508 e. The van der Waals surface area contributed by atoms with Crippen molar-refractivity contribution < 1.29 is 19.7 Å². The van der Waals surface area contributed by atoms with Crippen molar-refractivity contribution in [2.75, 3.05) is 7.11 Å². The van der Waals surface area contributed by atoms with Crippen molar-refractivity contribution in [3.63, 3.8) is 0 Å². The number of benzene rings is 1. The molecule has 1 aromatic rings. The van der Waals surface area contributed by atoms with Gasteiger partial charge in [0.1, 0.15) is 17.1 Å². The van der Waals surface area contributed by atoms with Crippen molar-refractivity contribution in [1.82, 2.24) is 0 Å². The van der Waals surface area contributed by atoms with Gasteiger partial charge in [0.2, 0.25) is 0 Å². The highest BCUT2D eigenvalue weighted by Crippen LogP contribution is 2.32. The monoisotopic (exact) mass is 252 g/mol. The quantitative estimate of drug-likeness (QED) is 0.641. The van der Waals surface area contributed by atoms with Crippen LogP contribution in [-0.4, -0.2) is 23.3 Å². The van der Waals surface area contributed by atoms with Crippen LogP contribution in [0.25, 0.3) is 0 Å². The number of esters is 1. The second kappa shape index (κ2) is 7.37. The zero-order valence-corrected chi connectivity index (χ0v) is 11.3. The molecule has 0 atom stereocenters. The number of rotatable bonds is 3. The Kier molecular flexibility index (Phi) is 6.57. The lowest BCUT2D eigenvalue weighted by atomic mass is 9.97. The molecule has 0 saturated heterocycles. The summed E-state index contributed by atoms with van der Waals surface area (Å²) in [6.07, 6.45) is 1.96. The summed E-state index contributed by atoms with van der Waals surface area (Å²) in [5, 5.41) is 19.2. The van der Waals surface area contributed by atoms with E-state index < -0.39 is 5.97 Å². The molecule has 0 unspecified atom stereocenters. The second-order valence-electron chi connectivity index (χ2n) is 3.38. The summed E-state index contributed by atoms with van der Waals surface area (Å²) < 4.78 is 4.58. The Labute approximate surface area is 108 Å². The predicted molar refractivity (Wildman–Crippen MR) is 71.1 cm³/mol. The van der Waals surface area contributed by atoms with Gasteiger partial charge in [0.25, 0.3) is 0 Å². The minimum absolute atomic E-state index is 0.0537. The molecule has 0 spiro atoms. The summed E-state index contributed by atoms with van der Waals surface area (Å²) in [6.45, 7) is 9.23. The van der Waals surface area contributed by atoms with Crippen LogP contribution < -0.4 is 0 Å². The van der Waals surface area contributed by atoms with Crippen LogP contribution >= 0.6 is 0 Å². The average molecular weight is 252 g/mol. The number of ether oxygens (including phenoxy) is 1. The molecule has 1 aromatic carbocycles. The Morgan fingerprint density at radius 2 is 1.94 bits per heavy atom. The zero-order chi connectivity index (χ0) is 14.3. The highest BCUT2D eigenvalue weighted by atomic mass is 16.5. The fourth-order valence-corrected chi connectivity index (χ4v) is 1.54. The summed E-state index contributed by atoms with van der Waals surface area (Å²) >= 11 is 0. The number of phenols is 2. The summed E-state index contributed by atoms with van der Waals surface area (Å²) in [5.41, 5.74) is 1.15. The Bertz CT molecular complexity index is 436. The van der Waals surface area contributed by atoms with Gasteiger partial charge in [0.15, 0.2) is 0 Å². The van der Waals surface area contributed by atoms with Gasteiger partial charge in [-0.25, -0.2) is 4.79 Å². The van der Waals surface area contributed by atoms with E-state index in [1.165, 1.54) is 7.11 Å². The Morgan fingerprint density at radius 1 is 1.39 bits per heavy atom. The molecule has 0 heterocycles. The number of aromatic hydroxyl groups is 2. The molecule has 2 N–H and O–H groups in total. The van der Waals surface area contributed by atoms with Crippen LogP contribution in [0.2, 0.25) is 0 Å². The second-order valence-corrected chi connectivity index (χ2v) is 3.38. The van der Waals surface area contributed by atoms with Crippen LogP contribution in [0.5, 0.6) is 11.5 Å². The van der Waals surface area contributed by atoms with E-state index in [9.17, 15) is 15.0 Å². The molecule has 0 radical (unpaired) electrons. The van der Waals surface area contributed by atoms with Gasteiger partial charge in [-0.05, 0) is 24.5 Å². The Morgan fingerprint density at radius 3 is 2.39 bits per heavy atom. The van der Waals surface area contributed by atoms with Gasteiger partial charge in [-0.1, -0.05) is 19.9 Å². The third-order valence-electron chi connectivity index (χ3n) is 2.41. The molecule has 4 heteroatoms. The number of carbonyl (C=O) groups is 1. The minimum atomic E-state index is -0.627. The van der Waals surface area contributed by atoms with Gasteiger partial charge in [-0.3, -0.25) is 0 Å². The van der Waals surface area contributed by atoms with Gasteiger partial charge < -0.3 is 14.9 Å². The topological polar surface area (TPSA) is 66.8 Å². The summed E-state index contributed by atoms with van der Waals surface area (Å²) in [5.74, 6) is -0.966. The van der Waals surface area contributed by atoms with Crippen LogP contribution in [0.15, 0.2) is 18.7 Å². The highest BCUT2D eigenvalue weighted by Gasteiger charge is 2.20. The first-order valence-corrected chi connectivity index (χ1v) is 5.76. The van der Waals surface area contributed by atoms with Gasteiger partial charge in [0.05, 0.1) is 7.11 Å². The molecule has 0 saturated carbocycles. The molecular formula is C14H20O4. The number of carbonyl (C=O) groups excluding carboxylic acids is 1. The fraction of sp³-hybridized carbons (Fsp3) is 0.357. The van der Waals surface area contributed by atoms with E-state index in [1.807, 2.05) is 13.8 Å². The van der Waals surface area contributed by atoms with Gasteiger partial charge in [-0.15, -0.1) is 6.58 Å². The molecule has 0 fully saturated rings. The summed E-state index contributed by atoms with van der Waals surface area (Å²) in [7, 11) is 1.24. The highest BCUT2D eigenvalue weighted by molar-refractivity contribution is 5.95. The number of phenolic OH excluding ortho intramolecular Hbond substituents is 2. The first kappa shape index (κ1) is 16.0. The maximum Gasteiger partial charge on any atom is 0.341 e. The molecule has 18 heavy (non-hydrogen) atoms. The van der Waals surface area contributed by atoms with Crippen LogP contribution in [0, 0.1) is 6.92 Å². The first-order chi connectivity index (χ1) is 8.52. The van der Waals surface area contributed by atoms with E-state index in [0.717, 1.165) is 6.07 Å². The smallest absolute Gasteiger partial charge is 0.341 e. The molecule has 100 valence electrons. The number of allylic oxidation sites excluding steroid dienone is 1. The lowest BCUT2D eigenvalue weighted by Gasteiger charge is -2.12. The van der Waals surface area contributed by atoms with Crippen LogP contribution in [0.3, 0.4) is 0 Å². The standard InChI is InChI=1S/C12H14O4.C2H6/c1-4-5-8-7(2)9(13)6-10(14)11(8)12(15)16-3;1-2/h4,6,13-14H,1,5H2,2-3H3;1-2H3. The van der Waals surface area contributed by atoms with E-state index in [0.29, 0.717) is 17.5 Å². The average Bonchev–Trinajstić information content (AvgIpc) is 2.37. The number of methoxy groups -OCH3 is 1. The molecular weight excluding hydrogens is 232 g/mol. The van der Waals surface area contributed by atoms with E-state index in [2.05, 4.69) is 11.3 Å². The van der Waals surface area contributed by atoms with Crippen molar-refractivity contribution >= 4 is 5.97 Å². The van der Waals surface area contributed by atoms with Gasteiger partial charge >= 0.3 is 5.97 Å². The van der Waals surface area contributed by atoms with E-state index in [-0.39, 0.29) is 17.1 Å². The zero-order valence-electron chi connectivity index (χ0n) is 11.3. The number of hydrogen-bond donors (Lipinski definition) is 2. The molecule has 0 aromatic heterocycles. The summed E-state index contributed by atoms with van der Waals surface area (Å²) in [6, 6.07) is 1.13. The molecule has 0 aliphatic rings. The first-order valence-electron chi connectivity index (χ1n) is 5.76. The van der Waals surface area contributed by atoms with E-state index in [4.69, 9.17) is 0 Å². The summed E-state index contributed by atoms with van der Waals surface area (Å²) in [4.78, 5) is 11.5. The molecule has 0 bridgehead atoms. The van der Waals surface area contributed by atoms with Crippen molar-refractivity contribution in [3.05, 3.63) is 35.4 Å². The molecule has 0 amide bonds. The van der Waals surface area contributed by atoms with Crippen molar-refractivity contribution in [3.8, 4) is 11.5 Å². The Hall–Kier alpha value is -1.97. The van der Waals surface area contributed by atoms with Gasteiger partial charge in [-0.2, -0.15) is 0 Å². The molecule has 0 aliphatic carbocycles. The fourth-order valence-electron chi connectivity index (χ4n) is 1.54. The normalized spacial score (nSPS) is 9.11. The van der Waals surface area contributed by atoms with E-state index in [1.54, 1.807) is 13.0 Å². The maximum atomic E-state index is 11.5. The largest absolute Gasteiger partial charge is 0.508 e. The van der Waals surface area contributed by atoms with Crippen LogP contribution in [0.1, 0.15) is 35.3 Å². The lowest BCUT2D eigenvalue weighted by Crippen LogP contribution is -2.07. The molecule has 0 aliphatic heterocycles. The molecule has 1 rings (SSSR count). The van der Waals surface area contributed by atoms with E-state index >= 15 is 0 Å². The lowest BCUT2D eigenvalue weighted by molar-refractivity contribution is 0.0596. The Balaban J connectivity index is 0.00000137.